The third-order valence-electron chi connectivity index (χ3n) is 4.55. The number of esters is 1. The molecule has 0 aliphatic heterocycles. The molecule has 29 heavy (non-hydrogen) atoms. The lowest BCUT2D eigenvalue weighted by atomic mass is 9.89. The van der Waals surface area contributed by atoms with Crippen LogP contribution in [0.1, 0.15) is 40.2 Å². The Balaban J connectivity index is 1.60. The molecule has 3 aromatic carbocycles. The minimum absolute atomic E-state index is 0.0270. The van der Waals surface area contributed by atoms with Gasteiger partial charge in [0.05, 0.1) is 6.42 Å². The zero-order valence-electron chi connectivity index (χ0n) is 16.1. The van der Waals surface area contributed by atoms with Crippen molar-refractivity contribution in [2.45, 2.75) is 18.8 Å². The van der Waals surface area contributed by atoms with Crippen LogP contribution >= 0.6 is 0 Å². The van der Waals surface area contributed by atoms with Crippen LogP contribution in [-0.4, -0.2) is 18.4 Å². The van der Waals surface area contributed by atoms with E-state index in [0.29, 0.717) is 5.56 Å². The van der Waals surface area contributed by atoms with Gasteiger partial charge < -0.3 is 4.74 Å². The van der Waals surface area contributed by atoms with Crippen LogP contribution in [-0.2, 0) is 9.53 Å². The van der Waals surface area contributed by atoms with Crippen LogP contribution in [0.15, 0.2) is 84.9 Å². The zero-order valence-corrected chi connectivity index (χ0v) is 16.1. The average Bonchev–Trinajstić information content (AvgIpc) is 2.78. The fourth-order valence-electron chi connectivity index (χ4n) is 3.04. The van der Waals surface area contributed by atoms with Crippen LogP contribution < -0.4 is 0 Å². The fraction of sp³-hybridized carbons (Fsp3) is 0.154. The van der Waals surface area contributed by atoms with E-state index in [2.05, 4.69) is 12.1 Å². The van der Waals surface area contributed by atoms with Gasteiger partial charge in [-0.15, -0.1) is 0 Å². The SMILES string of the molecule is O=C(CC(CC(=O)c1cc#ccc1)c1ccccc1)OC/C=C/c1ccccc1. The first kappa shape index (κ1) is 20.1. The van der Waals surface area contributed by atoms with Crippen LogP contribution in [0.3, 0.4) is 0 Å². The van der Waals surface area contributed by atoms with Gasteiger partial charge in [-0.2, -0.15) is 0 Å². The van der Waals surface area contributed by atoms with Gasteiger partial charge in [-0.1, -0.05) is 78.9 Å². The van der Waals surface area contributed by atoms with Crippen molar-refractivity contribution in [3.8, 4) is 0 Å². The number of Topliss-reactive ketones (excluding diaryl/α,β-unsaturated/α-hetero) is 1. The van der Waals surface area contributed by atoms with Crippen molar-refractivity contribution < 1.29 is 14.3 Å². The molecule has 0 fully saturated rings. The number of carbonyl (C=O) groups is 2. The van der Waals surface area contributed by atoms with Crippen molar-refractivity contribution in [2.24, 2.45) is 0 Å². The summed E-state index contributed by atoms with van der Waals surface area (Å²) < 4.78 is 5.35. The maximum Gasteiger partial charge on any atom is 0.306 e. The lowest BCUT2D eigenvalue weighted by molar-refractivity contribution is -0.142. The molecule has 0 spiro atoms. The highest BCUT2D eigenvalue weighted by Crippen LogP contribution is 2.25. The van der Waals surface area contributed by atoms with E-state index in [9.17, 15) is 9.59 Å². The van der Waals surface area contributed by atoms with Crippen molar-refractivity contribution in [1.82, 2.24) is 0 Å². The van der Waals surface area contributed by atoms with E-state index >= 15 is 0 Å². The minimum atomic E-state index is -0.322. The smallest absolute Gasteiger partial charge is 0.306 e. The molecule has 0 aromatic heterocycles. The van der Waals surface area contributed by atoms with Crippen LogP contribution in [0, 0.1) is 12.1 Å². The van der Waals surface area contributed by atoms with Gasteiger partial charge in [-0.25, -0.2) is 0 Å². The second-order valence-electron chi connectivity index (χ2n) is 6.66. The summed E-state index contributed by atoms with van der Waals surface area (Å²) in [5, 5.41) is 0. The van der Waals surface area contributed by atoms with E-state index in [-0.39, 0.29) is 37.1 Å². The Morgan fingerprint density at radius 3 is 2.31 bits per heavy atom. The van der Waals surface area contributed by atoms with Gasteiger partial charge in [0, 0.05) is 17.9 Å². The highest BCUT2D eigenvalue weighted by molar-refractivity contribution is 5.96. The lowest BCUT2D eigenvalue weighted by Gasteiger charge is -2.16. The van der Waals surface area contributed by atoms with Crippen molar-refractivity contribution in [3.63, 3.8) is 0 Å². The molecule has 0 amide bonds. The van der Waals surface area contributed by atoms with Gasteiger partial charge in [0.25, 0.3) is 0 Å². The van der Waals surface area contributed by atoms with Gasteiger partial charge >= 0.3 is 5.97 Å². The maximum absolute atomic E-state index is 12.6. The molecule has 1 atom stereocenters. The van der Waals surface area contributed by atoms with Crippen molar-refractivity contribution in [1.29, 1.82) is 0 Å². The van der Waals surface area contributed by atoms with Crippen molar-refractivity contribution >= 4 is 17.8 Å². The summed E-state index contributed by atoms with van der Waals surface area (Å²) in [4.78, 5) is 25.0. The first-order valence-corrected chi connectivity index (χ1v) is 9.55. The third-order valence-corrected chi connectivity index (χ3v) is 4.55. The number of hydrogen-bond donors (Lipinski definition) is 0. The molecule has 0 radical (unpaired) electrons. The molecule has 0 bridgehead atoms. The molecule has 0 saturated carbocycles. The Morgan fingerprint density at radius 1 is 0.897 bits per heavy atom. The summed E-state index contributed by atoms with van der Waals surface area (Å²) in [6.07, 6.45) is 4.11. The predicted octanol–water partition coefficient (Wildman–Crippen LogP) is 5.29. The summed E-state index contributed by atoms with van der Waals surface area (Å²) in [7, 11) is 0. The van der Waals surface area contributed by atoms with Crippen LogP contribution in [0.25, 0.3) is 6.08 Å². The largest absolute Gasteiger partial charge is 0.461 e. The van der Waals surface area contributed by atoms with E-state index in [1.54, 1.807) is 18.2 Å². The molecule has 144 valence electrons. The van der Waals surface area contributed by atoms with Gasteiger partial charge in [0.1, 0.15) is 6.61 Å². The lowest BCUT2D eigenvalue weighted by Crippen LogP contribution is -2.14. The Labute approximate surface area is 171 Å². The molecule has 0 heterocycles. The summed E-state index contributed by atoms with van der Waals surface area (Å²) >= 11 is 0. The number of hydrogen-bond acceptors (Lipinski definition) is 3. The second kappa shape index (κ2) is 10.6. The third kappa shape index (κ3) is 6.48. The van der Waals surface area contributed by atoms with Crippen LogP contribution in [0.5, 0.6) is 0 Å². The van der Waals surface area contributed by atoms with E-state index in [1.807, 2.05) is 72.8 Å². The predicted molar refractivity (Wildman–Crippen MR) is 113 cm³/mol. The Hall–Kier alpha value is -3.64. The molecule has 1 unspecified atom stereocenters. The molecule has 0 aliphatic rings. The van der Waals surface area contributed by atoms with E-state index in [4.69, 9.17) is 4.74 Å². The molecular weight excluding hydrogens is 360 g/mol. The van der Waals surface area contributed by atoms with Crippen molar-refractivity contribution in [3.05, 3.63) is 114 Å². The Bertz CT molecular complexity index is 931. The standard InChI is InChI=1S/C26H22O3/c27-25(23-16-8-3-9-17-23)19-24(22-14-6-2-7-15-22)20-26(28)29-18-10-13-21-11-4-1-5-12-21/h1-2,4-8,10-17,24H,18-20H2/b13-10+. The fourth-order valence-corrected chi connectivity index (χ4v) is 3.04. The van der Waals surface area contributed by atoms with Gasteiger partial charge in [0.15, 0.2) is 5.78 Å². The van der Waals surface area contributed by atoms with Gasteiger partial charge in [-0.05, 0) is 35.4 Å². The summed E-state index contributed by atoms with van der Waals surface area (Å²) in [5.74, 6) is -0.586. The average molecular weight is 382 g/mol. The highest BCUT2D eigenvalue weighted by Gasteiger charge is 2.21. The molecule has 3 rings (SSSR count). The van der Waals surface area contributed by atoms with Gasteiger partial charge in [0.2, 0.25) is 0 Å². The molecule has 3 nitrogen and oxygen atoms in total. The first-order valence-electron chi connectivity index (χ1n) is 9.55. The van der Waals surface area contributed by atoms with Crippen molar-refractivity contribution in [2.75, 3.05) is 6.61 Å². The number of carbonyl (C=O) groups excluding carboxylic acids is 2. The molecular formula is C26H22O3. The van der Waals surface area contributed by atoms with Gasteiger partial charge in [-0.3, -0.25) is 9.59 Å². The molecule has 0 N–H and O–H groups in total. The summed E-state index contributed by atoms with van der Waals surface area (Å²) in [6, 6.07) is 30.0. The molecule has 0 aliphatic carbocycles. The van der Waals surface area contributed by atoms with Crippen LogP contribution in [0.4, 0.5) is 0 Å². The molecule has 0 saturated heterocycles. The quantitative estimate of drug-likeness (QED) is 0.373. The monoisotopic (exact) mass is 382 g/mol. The maximum atomic E-state index is 12.6. The Kier molecular flexibility index (Phi) is 7.37. The zero-order chi connectivity index (χ0) is 20.3. The first-order chi connectivity index (χ1) is 14.2. The number of ether oxygens (including phenoxy) is 1. The number of benzene rings is 2. The Morgan fingerprint density at radius 2 is 1.62 bits per heavy atom. The number of ketones is 1. The molecule has 3 aromatic rings. The summed E-state index contributed by atoms with van der Waals surface area (Å²) in [5.41, 5.74) is 2.57. The minimum Gasteiger partial charge on any atom is -0.461 e. The summed E-state index contributed by atoms with van der Waals surface area (Å²) in [6.45, 7) is 0.201. The van der Waals surface area contributed by atoms with E-state index in [1.165, 1.54) is 0 Å². The number of rotatable bonds is 9. The van der Waals surface area contributed by atoms with Crippen LogP contribution in [0.2, 0.25) is 0 Å². The highest BCUT2D eigenvalue weighted by atomic mass is 16.5. The van der Waals surface area contributed by atoms with E-state index < -0.39 is 0 Å². The van der Waals surface area contributed by atoms with E-state index in [0.717, 1.165) is 11.1 Å². The molecule has 3 heteroatoms. The normalized spacial score (nSPS) is 11.6. The topological polar surface area (TPSA) is 43.4 Å². The second-order valence-corrected chi connectivity index (χ2v) is 6.66.